The molecule has 0 atom stereocenters. The molecule has 0 fully saturated rings. The highest BCUT2D eigenvalue weighted by Gasteiger charge is 2.30. The molecule has 3 rings (SSSR count). The van der Waals surface area contributed by atoms with Gasteiger partial charge in [-0.3, -0.25) is 0 Å². The highest BCUT2D eigenvalue weighted by Crippen LogP contribution is 2.35. The average Bonchev–Trinajstić information content (AvgIpc) is 3.03. The average molecular weight is 399 g/mol. The highest BCUT2D eigenvalue weighted by atomic mass is 19.4. The Labute approximate surface area is 164 Å². The second-order valence-corrected chi connectivity index (χ2v) is 5.94. The number of hydrogen-bond donors (Lipinski definition) is 3. The molecule has 0 unspecified atom stereocenters. The first-order chi connectivity index (χ1) is 13.8. The fourth-order valence-electron chi connectivity index (χ4n) is 2.63. The third-order valence-electron chi connectivity index (χ3n) is 4.00. The zero-order valence-electron chi connectivity index (χ0n) is 15.0. The molecule has 0 spiro atoms. The van der Waals surface area contributed by atoms with Gasteiger partial charge in [0.05, 0.1) is 17.8 Å². The smallest absolute Gasteiger partial charge is 0.382 e. The largest absolute Gasteiger partial charge is 0.416 e. The van der Waals surface area contributed by atoms with Crippen molar-refractivity contribution in [1.82, 2.24) is 15.1 Å². The lowest BCUT2D eigenvalue weighted by molar-refractivity contribution is -0.137. The van der Waals surface area contributed by atoms with Gasteiger partial charge in [-0.25, -0.2) is 9.48 Å². The number of nitrogens with zero attached hydrogens (tertiary/aromatic N) is 2. The third-order valence-corrected chi connectivity index (χ3v) is 4.00. The summed E-state index contributed by atoms with van der Waals surface area (Å²) >= 11 is 0. The van der Waals surface area contributed by atoms with Crippen LogP contribution >= 0.6 is 0 Å². The molecule has 9 heteroatoms. The van der Waals surface area contributed by atoms with Crippen molar-refractivity contribution in [3.05, 3.63) is 60.2 Å². The van der Waals surface area contributed by atoms with E-state index in [0.717, 1.165) is 12.1 Å². The quantitative estimate of drug-likeness (QED) is 0.582. The molecule has 0 aliphatic rings. The van der Waals surface area contributed by atoms with Crippen molar-refractivity contribution in [3.63, 3.8) is 0 Å². The number of terminal acetylenes is 1. The van der Waals surface area contributed by atoms with Crippen molar-refractivity contribution in [2.24, 2.45) is 0 Å². The number of rotatable bonds is 4. The topological polar surface area (TPSA) is 85.0 Å². The molecule has 0 aliphatic carbocycles. The predicted octanol–water partition coefficient (Wildman–Crippen LogP) is 3.90. The van der Waals surface area contributed by atoms with Crippen molar-refractivity contribution in [2.75, 3.05) is 17.6 Å². The van der Waals surface area contributed by atoms with E-state index in [4.69, 9.17) is 12.2 Å². The number of halogens is 3. The van der Waals surface area contributed by atoms with Crippen LogP contribution in [0.25, 0.3) is 16.9 Å². The molecule has 0 saturated carbocycles. The van der Waals surface area contributed by atoms with Gasteiger partial charge >= 0.3 is 12.2 Å². The maximum absolute atomic E-state index is 12.8. The number of amides is 2. The fraction of sp³-hybridized carbons (Fsp3) is 0.100. The SMILES string of the molecule is C#CCNC(=O)Nc1c(-c2ccccc2)nn(-c2ccc(C(F)(F)F)cc2)c1N. The molecular weight excluding hydrogens is 383 g/mol. The maximum atomic E-state index is 12.8. The normalized spacial score (nSPS) is 11.0. The van der Waals surface area contributed by atoms with Gasteiger partial charge in [0, 0.05) is 5.56 Å². The van der Waals surface area contributed by atoms with Crippen molar-refractivity contribution < 1.29 is 18.0 Å². The minimum atomic E-state index is -4.45. The standard InChI is InChI=1S/C20H16F3N5O/c1-2-12-25-19(29)26-17-16(13-6-4-3-5-7-13)27-28(18(17)24)15-10-8-14(9-11-15)20(21,22)23/h1,3-11H,12,24H2,(H2,25,26,29). The number of carbonyl (C=O) groups excluding carboxylic acids is 1. The van der Waals surface area contributed by atoms with Gasteiger partial charge in [0.25, 0.3) is 0 Å². The summed E-state index contributed by atoms with van der Waals surface area (Å²) in [5.41, 5.74) is 6.93. The lowest BCUT2D eigenvalue weighted by Gasteiger charge is -2.09. The molecule has 0 aliphatic heterocycles. The van der Waals surface area contributed by atoms with Crippen LogP contribution in [0.3, 0.4) is 0 Å². The van der Waals surface area contributed by atoms with E-state index in [-0.39, 0.29) is 18.1 Å². The Morgan fingerprint density at radius 2 is 1.79 bits per heavy atom. The van der Waals surface area contributed by atoms with Crippen LogP contribution in [0.15, 0.2) is 54.6 Å². The first kappa shape index (κ1) is 19.8. The van der Waals surface area contributed by atoms with Crippen LogP contribution in [0, 0.1) is 12.3 Å². The molecule has 6 nitrogen and oxygen atoms in total. The Balaban J connectivity index is 2.05. The van der Waals surface area contributed by atoms with Gasteiger partial charge in [0.2, 0.25) is 0 Å². The number of nitrogens with one attached hydrogen (secondary N) is 2. The summed E-state index contributed by atoms with van der Waals surface area (Å²) in [5.74, 6) is 2.33. The van der Waals surface area contributed by atoms with E-state index in [1.807, 2.05) is 6.07 Å². The number of hydrogen-bond acceptors (Lipinski definition) is 3. The molecule has 2 amide bonds. The fourth-order valence-corrected chi connectivity index (χ4v) is 2.63. The Morgan fingerprint density at radius 3 is 2.38 bits per heavy atom. The van der Waals surface area contributed by atoms with Gasteiger partial charge in [0.1, 0.15) is 11.4 Å². The second-order valence-electron chi connectivity index (χ2n) is 5.94. The van der Waals surface area contributed by atoms with Crippen LogP contribution in [0.2, 0.25) is 0 Å². The molecule has 148 valence electrons. The van der Waals surface area contributed by atoms with Gasteiger partial charge < -0.3 is 16.4 Å². The maximum Gasteiger partial charge on any atom is 0.416 e. The number of nitrogens with two attached hydrogens (primary N) is 1. The molecule has 0 radical (unpaired) electrons. The second kappa shape index (κ2) is 7.98. The zero-order chi connectivity index (χ0) is 21.0. The minimum Gasteiger partial charge on any atom is -0.382 e. The number of urea groups is 1. The van der Waals surface area contributed by atoms with Crippen molar-refractivity contribution in [1.29, 1.82) is 0 Å². The Morgan fingerprint density at radius 1 is 1.14 bits per heavy atom. The number of carbonyl (C=O) groups is 1. The van der Waals surface area contributed by atoms with Crippen LogP contribution in [0.5, 0.6) is 0 Å². The van der Waals surface area contributed by atoms with Gasteiger partial charge in [-0.05, 0) is 24.3 Å². The molecule has 1 aromatic heterocycles. The first-order valence-electron chi connectivity index (χ1n) is 8.41. The van der Waals surface area contributed by atoms with Crippen LogP contribution in [-0.2, 0) is 6.18 Å². The van der Waals surface area contributed by atoms with Crippen molar-refractivity contribution in [3.8, 4) is 29.3 Å². The van der Waals surface area contributed by atoms with E-state index in [2.05, 4.69) is 21.7 Å². The Hall–Kier alpha value is -3.93. The number of alkyl halides is 3. The molecule has 2 aromatic carbocycles. The molecule has 1 heterocycles. The first-order valence-corrected chi connectivity index (χ1v) is 8.41. The van der Waals surface area contributed by atoms with E-state index in [0.29, 0.717) is 16.9 Å². The number of anilines is 2. The highest BCUT2D eigenvalue weighted by molar-refractivity contribution is 5.97. The van der Waals surface area contributed by atoms with E-state index < -0.39 is 17.8 Å². The molecule has 29 heavy (non-hydrogen) atoms. The lowest BCUT2D eigenvalue weighted by atomic mass is 10.1. The zero-order valence-corrected chi connectivity index (χ0v) is 15.0. The number of aromatic nitrogens is 2. The Bertz CT molecular complexity index is 1050. The van der Waals surface area contributed by atoms with Gasteiger partial charge in [-0.15, -0.1) is 6.42 Å². The van der Waals surface area contributed by atoms with Crippen molar-refractivity contribution >= 4 is 17.5 Å². The monoisotopic (exact) mass is 399 g/mol. The molecular formula is C20H16F3N5O. The van der Waals surface area contributed by atoms with Crippen LogP contribution in [0.1, 0.15) is 5.56 Å². The van der Waals surface area contributed by atoms with Crippen LogP contribution in [0.4, 0.5) is 29.5 Å². The Kier molecular flexibility index (Phi) is 5.45. The summed E-state index contributed by atoms with van der Waals surface area (Å²) in [4.78, 5) is 12.1. The van der Waals surface area contributed by atoms with Gasteiger partial charge in [-0.1, -0.05) is 36.3 Å². The molecule has 0 saturated heterocycles. The van der Waals surface area contributed by atoms with E-state index in [1.165, 1.54) is 16.8 Å². The molecule has 0 bridgehead atoms. The summed E-state index contributed by atoms with van der Waals surface area (Å²) in [6.07, 6.45) is 0.677. The number of benzene rings is 2. The van der Waals surface area contributed by atoms with E-state index >= 15 is 0 Å². The van der Waals surface area contributed by atoms with E-state index in [9.17, 15) is 18.0 Å². The predicted molar refractivity (Wildman–Crippen MR) is 104 cm³/mol. The van der Waals surface area contributed by atoms with Crippen LogP contribution < -0.4 is 16.4 Å². The van der Waals surface area contributed by atoms with Crippen LogP contribution in [-0.4, -0.2) is 22.4 Å². The van der Waals surface area contributed by atoms with Gasteiger partial charge in [0.15, 0.2) is 5.82 Å². The summed E-state index contributed by atoms with van der Waals surface area (Å²) in [7, 11) is 0. The summed E-state index contributed by atoms with van der Waals surface area (Å²) in [5, 5.41) is 9.46. The third kappa shape index (κ3) is 4.32. The molecule has 4 N–H and O–H groups in total. The number of nitrogen functional groups attached to an aromatic ring is 1. The van der Waals surface area contributed by atoms with E-state index in [1.54, 1.807) is 24.3 Å². The lowest BCUT2D eigenvalue weighted by Crippen LogP contribution is -2.29. The minimum absolute atomic E-state index is 0.0133. The summed E-state index contributed by atoms with van der Waals surface area (Å²) in [6, 6.07) is 12.7. The molecule has 3 aromatic rings. The van der Waals surface area contributed by atoms with Gasteiger partial charge in [-0.2, -0.15) is 18.3 Å². The summed E-state index contributed by atoms with van der Waals surface area (Å²) in [6.45, 7) is 0.0133. The van der Waals surface area contributed by atoms with Crippen molar-refractivity contribution in [2.45, 2.75) is 6.18 Å². The summed E-state index contributed by atoms with van der Waals surface area (Å²) < 4.78 is 39.7.